The van der Waals surface area contributed by atoms with Crippen molar-refractivity contribution in [3.8, 4) is 0 Å². The Balaban J connectivity index is 1.69. The normalized spacial score (nSPS) is 22.6. The van der Waals surface area contributed by atoms with E-state index >= 15 is 0 Å². The molecule has 0 bridgehead atoms. The van der Waals surface area contributed by atoms with E-state index in [-0.39, 0.29) is 23.9 Å². The summed E-state index contributed by atoms with van der Waals surface area (Å²) in [6.45, 7) is 5.31. The molecule has 4 rings (SSSR count). The van der Waals surface area contributed by atoms with Crippen LogP contribution in [0.1, 0.15) is 38.7 Å². The van der Waals surface area contributed by atoms with Gasteiger partial charge in [-0.25, -0.2) is 0 Å². The maximum atomic E-state index is 13.0. The van der Waals surface area contributed by atoms with E-state index in [2.05, 4.69) is 4.99 Å². The zero-order valence-electron chi connectivity index (χ0n) is 17.0. The van der Waals surface area contributed by atoms with Crippen molar-refractivity contribution in [1.29, 1.82) is 0 Å². The van der Waals surface area contributed by atoms with Crippen LogP contribution < -0.4 is 15.5 Å². The minimum atomic E-state index is -0.0706. The predicted octanol–water partition coefficient (Wildman–Crippen LogP) is 2.34. The Morgan fingerprint density at radius 2 is 2.03 bits per heavy atom. The zero-order chi connectivity index (χ0) is 20.5. The summed E-state index contributed by atoms with van der Waals surface area (Å²) < 4.78 is 5.16. The number of aliphatic imine (C=N–C) groups is 1. The number of carbonyl (C=O) groups is 2. The first-order valence-electron chi connectivity index (χ1n) is 10.2. The molecule has 3 aliphatic rings. The molecule has 7 heteroatoms. The van der Waals surface area contributed by atoms with E-state index in [4.69, 9.17) is 10.5 Å². The Bertz CT molecular complexity index is 871. The van der Waals surface area contributed by atoms with Gasteiger partial charge in [0.05, 0.1) is 36.7 Å². The number of carbonyl (C=O) groups excluding carboxylic acids is 2. The predicted molar refractivity (Wildman–Crippen MR) is 114 cm³/mol. The van der Waals surface area contributed by atoms with E-state index in [1.54, 1.807) is 18.0 Å². The molecule has 7 nitrogen and oxygen atoms in total. The largest absolute Gasteiger partial charge is 0.404 e. The molecule has 1 unspecified atom stereocenters. The van der Waals surface area contributed by atoms with Gasteiger partial charge in [0, 0.05) is 37.9 Å². The second-order valence-corrected chi connectivity index (χ2v) is 8.18. The molecule has 2 N–H and O–H groups in total. The van der Waals surface area contributed by atoms with Gasteiger partial charge in [-0.1, -0.05) is 6.07 Å². The van der Waals surface area contributed by atoms with E-state index in [0.29, 0.717) is 32.1 Å². The van der Waals surface area contributed by atoms with Crippen LogP contribution in [0.4, 0.5) is 11.4 Å². The van der Waals surface area contributed by atoms with Gasteiger partial charge in [0.15, 0.2) is 0 Å². The molecule has 1 aromatic rings. The smallest absolute Gasteiger partial charge is 0.227 e. The Labute approximate surface area is 171 Å². The summed E-state index contributed by atoms with van der Waals surface area (Å²) in [4.78, 5) is 33.4. The number of nitrogens with two attached hydrogens (primary N) is 1. The summed E-state index contributed by atoms with van der Waals surface area (Å²) >= 11 is 0. The molecule has 1 aromatic carbocycles. The number of hydrogen-bond acceptors (Lipinski definition) is 5. The molecule has 29 heavy (non-hydrogen) atoms. The number of ether oxygens (including phenoxy) is 1. The van der Waals surface area contributed by atoms with Crippen LogP contribution >= 0.6 is 0 Å². The third-order valence-corrected chi connectivity index (χ3v) is 5.77. The lowest BCUT2D eigenvalue weighted by molar-refractivity contribution is -0.120. The van der Waals surface area contributed by atoms with E-state index in [0.717, 1.165) is 35.4 Å². The second kappa shape index (κ2) is 7.99. The van der Waals surface area contributed by atoms with Gasteiger partial charge in [0.1, 0.15) is 0 Å². The van der Waals surface area contributed by atoms with Crippen LogP contribution in [-0.2, 0) is 14.3 Å². The number of nitrogens with zero attached hydrogens (tertiary/aromatic N) is 3. The molecule has 0 spiro atoms. The maximum Gasteiger partial charge on any atom is 0.227 e. The van der Waals surface area contributed by atoms with Gasteiger partial charge in [0.25, 0.3) is 0 Å². The highest BCUT2D eigenvalue weighted by molar-refractivity contribution is 6.11. The zero-order valence-corrected chi connectivity index (χ0v) is 17.0. The monoisotopic (exact) mass is 396 g/mol. The van der Waals surface area contributed by atoms with Crippen LogP contribution in [-0.4, -0.2) is 49.9 Å². The van der Waals surface area contributed by atoms with Gasteiger partial charge in [-0.3, -0.25) is 14.6 Å². The third-order valence-electron chi connectivity index (χ3n) is 5.77. The molecule has 1 atom stereocenters. The number of anilines is 2. The van der Waals surface area contributed by atoms with E-state index in [9.17, 15) is 9.59 Å². The SMILES string of the molecule is CC(=O)N1c2ccc(C(C=NC3COC3)=CN)cc2N(C(=O)CC2CC2)CC1C. The lowest BCUT2D eigenvalue weighted by Gasteiger charge is -2.41. The van der Waals surface area contributed by atoms with Gasteiger partial charge < -0.3 is 20.3 Å². The molecule has 1 aliphatic carbocycles. The Morgan fingerprint density at radius 1 is 1.28 bits per heavy atom. The summed E-state index contributed by atoms with van der Waals surface area (Å²) in [6.07, 6.45) is 6.11. The van der Waals surface area contributed by atoms with Crippen molar-refractivity contribution >= 4 is 35.0 Å². The third kappa shape index (κ3) is 4.05. The van der Waals surface area contributed by atoms with Gasteiger partial charge >= 0.3 is 0 Å². The first kappa shape index (κ1) is 19.6. The topological polar surface area (TPSA) is 88.2 Å². The molecular weight excluding hydrogens is 368 g/mol. The van der Waals surface area contributed by atoms with E-state index in [1.165, 1.54) is 6.20 Å². The molecule has 154 valence electrons. The number of fused-ring (bicyclic) bond motifs is 1. The number of amides is 2. The Morgan fingerprint density at radius 3 is 2.62 bits per heavy atom. The number of allylic oxidation sites excluding steroid dienone is 1. The quantitative estimate of drug-likeness (QED) is 0.774. The van der Waals surface area contributed by atoms with Crippen molar-refractivity contribution in [3.63, 3.8) is 0 Å². The van der Waals surface area contributed by atoms with Gasteiger partial charge in [-0.2, -0.15) is 0 Å². The van der Waals surface area contributed by atoms with Crippen molar-refractivity contribution in [2.45, 2.75) is 45.2 Å². The van der Waals surface area contributed by atoms with Crippen LogP contribution in [0.2, 0.25) is 0 Å². The number of hydrogen-bond donors (Lipinski definition) is 1. The summed E-state index contributed by atoms with van der Waals surface area (Å²) in [5.74, 6) is 0.605. The van der Waals surface area contributed by atoms with Crippen LogP contribution in [0, 0.1) is 5.92 Å². The van der Waals surface area contributed by atoms with Crippen LogP contribution in [0.25, 0.3) is 5.57 Å². The molecule has 1 saturated heterocycles. The van der Waals surface area contributed by atoms with Crippen molar-refractivity contribution in [3.05, 3.63) is 30.0 Å². The molecule has 2 aliphatic heterocycles. The summed E-state index contributed by atoms with van der Waals surface area (Å²) in [5.41, 5.74) is 9.05. The highest BCUT2D eigenvalue weighted by Crippen LogP contribution is 2.40. The second-order valence-electron chi connectivity index (χ2n) is 8.18. The van der Waals surface area contributed by atoms with E-state index < -0.39 is 0 Å². The lowest BCUT2D eigenvalue weighted by Crippen LogP contribution is -2.51. The highest BCUT2D eigenvalue weighted by atomic mass is 16.5. The van der Waals surface area contributed by atoms with Crippen molar-refractivity contribution in [2.24, 2.45) is 16.6 Å². The first-order valence-corrected chi connectivity index (χ1v) is 10.2. The van der Waals surface area contributed by atoms with Crippen LogP contribution in [0.3, 0.4) is 0 Å². The molecule has 0 aromatic heterocycles. The summed E-state index contributed by atoms with van der Waals surface area (Å²) in [5, 5.41) is 0. The van der Waals surface area contributed by atoms with Crippen LogP contribution in [0.15, 0.2) is 29.4 Å². The Hall–Kier alpha value is -2.67. The van der Waals surface area contributed by atoms with Gasteiger partial charge in [-0.05, 0) is 43.4 Å². The van der Waals surface area contributed by atoms with Crippen molar-refractivity contribution in [2.75, 3.05) is 29.6 Å². The molecular formula is C22H28N4O3. The van der Waals surface area contributed by atoms with Gasteiger partial charge in [-0.15, -0.1) is 0 Å². The number of benzene rings is 1. The van der Waals surface area contributed by atoms with Crippen molar-refractivity contribution in [1.82, 2.24) is 0 Å². The molecule has 2 amide bonds. The average Bonchev–Trinajstić information content (AvgIpc) is 3.46. The lowest BCUT2D eigenvalue weighted by atomic mass is 10.0. The average molecular weight is 396 g/mol. The standard InChI is InChI=1S/C22H28N4O3/c1-14-11-25(22(28)7-16-3-4-16)21-8-17(5-6-20(21)26(14)15(2)27)18(9-23)10-24-19-12-29-13-19/h5-6,8-10,14,16,19H,3-4,7,11-13,23H2,1-2H3. The molecule has 2 heterocycles. The fourth-order valence-electron chi connectivity index (χ4n) is 3.91. The highest BCUT2D eigenvalue weighted by Gasteiger charge is 2.35. The minimum Gasteiger partial charge on any atom is -0.404 e. The first-order chi connectivity index (χ1) is 14.0. The number of rotatable bonds is 5. The molecule has 2 fully saturated rings. The molecule has 0 radical (unpaired) electrons. The van der Waals surface area contributed by atoms with Crippen molar-refractivity contribution < 1.29 is 14.3 Å². The van der Waals surface area contributed by atoms with E-state index in [1.807, 2.05) is 30.0 Å². The van der Waals surface area contributed by atoms with Crippen LogP contribution in [0.5, 0.6) is 0 Å². The fraction of sp³-hybridized carbons (Fsp3) is 0.500. The maximum absolute atomic E-state index is 13.0. The summed E-state index contributed by atoms with van der Waals surface area (Å²) in [7, 11) is 0. The molecule has 1 saturated carbocycles. The Kier molecular flexibility index (Phi) is 5.41. The summed E-state index contributed by atoms with van der Waals surface area (Å²) in [6, 6.07) is 5.89. The minimum absolute atomic E-state index is 0.0260. The fourth-order valence-corrected chi connectivity index (χ4v) is 3.91. The van der Waals surface area contributed by atoms with Gasteiger partial charge in [0.2, 0.25) is 11.8 Å².